The highest BCUT2D eigenvalue weighted by Gasteiger charge is 2.31. The number of hydrogen-bond donors (Lipinski definition) is 1. The van der Waals surface area contributed by atoms with Crippen molar-refractivity contribution in [3.63, 3.8) is 0 Å². The van der Waals surface area contributed by atoms with Crippen LogP contribution in [0.5, 0.6) is 0 Å². The van der Waals surface area contributed by atoms with Crippen molar-refractivity contribution in [1.29, 1.82) is 0 Å². The first kappa shape index (κ1) is 24.7. The van der Waals surface area contributed by atoms with E-state index in [9.17, 15) is 18.0 Å². The van der Waals surface area contributed by atoms with Crippen LogP contribution in [0.15, 0.2) is 47.7 Å². The van der Waals surface area contributed by atoms with Crippen molar-refractivity contribution in [3.05, 3.63) is 48.3 Å². The van der Waals surface area contributed by atoms with Gasteiger partial charge in [-0.2, -0.15) is 18.3 Å². The number of aliphatic imine (C=N–C) groups is 1. The minimum absolute atomic E-state index is 0. The van der Waals surface area contributed by atoms with Gasteiger partial charge in [-0.1, -0.05) is 18.2 Å². The third kappa shape index (κ3) is 7.91. The van der Waals surface area contributed by atoms with Gasteiger partial charge in [-0.3, -0.25) is 9.79 Å². The van der Waals surface area contributed by atoms with Crippen LogP contribution >= 0.6 is 24.0 Å². The molecule has 1 N–H and O–H groups in total. The second-order valence-electron chi connectivity index (χ2n) is 6.25. The molecule has 1 amide bonds. The second-order valence-corrected chi connectivity index (χ2v) is 6.25. The van der Waals surface area contributed by atoms with E-state index in [1.54, 1.807) is 22.8 Å². The first-order valence-corrected chi connectivity index (χ1v) is 8.51. The standard InChI is InChI=1S/C18H23F3N6O.HI/c1-22-17(23-10-16(28)26(3)13-18(19,20)21)25(2)11-14-9-24-27(12-14)15-7-5-4-6-8-15;/h4-9,12H,10-11,13H2,1-3H3,(H,22,23);1H. The van der Waals surface area contributed by atoms with Crippen LogP contribution in [0.2, 0.25) is 0 Å². The van der Waals surface area contributed by atoms with E-state index in [2.05, 4.69) is 15.4 Å². The molecule has 11 heteroatoms. The number of rotatable bonds is 6. The molecule has 0 spiro atoms. The third-order valence-corrected chi connectivity index (χ3v) is 3.89. The number of guanidine groups is 1. The highest BCUT2D eigenvalue weighted by molar-refractivity contribution is 14.0. The van der Waals surface area contributed by atoms with Crippen molar-refractivity contribution in [3.8, 4) is 5.69 Å². The normalized spacial score (nSPS) is 11.6. The maximum atomic E-state index is 12.4. The Hall–Kier alpha value is -2.31. The molecule has 29 heavy (non-hydrogen) atoms. The van der Waals surface area contributed by atoms with Gasteiger partial charge in [-0.05, 0) is 12.1 Å². The topological polar surface area (TPSA) is 65.8 Å². The Balaban J connectivity index is 0.00000420. The van der Waals surface area contributed by atoms with Crippen LogP contribution in [-0.2, 0) is 11.3 Å². The fourth-order valence-electron chi connectivity index (χ4n) is 2.54. The molecule has 0 atom stereocenters. The molecule has 0 radical (unpaired) electrons. The summed E-state index contributed by atoms with van der Waals surface area (Å²) in [5, 5.41) is 7.10. The van der Waals surface area contributed by atoms with Crippen LogP contribution in [0.1, 0.15) is 5.56 Å². The third-order valence-electron chi connectivity index (χ3n) is 3.89. The smallest absolute Gasteiger partial charge is 0.347 e. The molecule has 0 saturated carbocycles. The molecule has 0 bridgehead atoms. The highest BCUT2D eigenvalue weighted by atomic mass is 127. The minimum Gasteiger partial charge on any atom is -0.347 e. The lowest BCUT2D eigenvalue weighted by Crippen LogP contribution is -2.45. The van der Waals surface area contributed by atoms with Crippen molar-refractivity contribution in [1.82, 2.24) is 24.9 Å². The van der Waals surface area contributed by atoms with Crippen LogP contribution in [0.4, 0.5) is 13.2 Å². The van der Waals surface area contributed by atoms with Gasteiger partial charge in [0, 0.05) is 39.4 Å². The number of alkyl halides is 3. The first-order chi connectivity index (χ1) is 13.2. The zero-order chi connectivity index (χ0) is 20.7. The Morgan fingerprint density at radius 3 is 2.45 bits per heavy atom. The zero-order valence-electron chi connectivity index (χ0n) is 16.3. The average Bonchev–Trinajstić information content (AvgIpc) is 3.09. The lowest BCUT2D eigenvalue weighted by Gasteiger charge is -2.23. The molecule has 1 heterocycles. The fraction of sp³-hybridized carbons (Fsp3) is 0.389. The summed E-state index contributed by atoms with van der Waals surface area (Å²) >= 11 is 0. The number of para-hydroxylation sites is 1. The summed E-state index contributed by atoms with van der Waals surface area (Å²) in [5.74, 6) is -0.287. The summed E-state index contributed by atoms with van der Waals surface area (Å²) < 4.78 is 38.9. The van der Waals surface area contributed by atoms with Gasteiger partial charge in [0.2, 0.25) is 5.91 Å². The SMILES string of the molecule is CN=C(NCC(=O)N(C)CC(F)(F)F)N(C)Cc1cnn(-c2ccccc2)c1.I. The van der Waals surface area contributed by atoms with Crippen LogP contribution in [0.25, 0.3) is 5.69 Å². The summed E-state index contributed by atoms with van der Waals surface area (Å²) in [6.45, 7) is -1.12. The number of hydrogen-bond acceptors (Lipinski definition) is 3. The first-order valence-electron chi connectivity index (χ1n) is 8.51. The maximum Gasteiger partial charge on any atom is 0.406 e. The van der Waals surface area contributed by atoms with E-state index in [4.69, 9.17) is 0 Å². The minimum atomic E-state index is -4.43. The Kier molecular flexibility index (Phi) is 9.40. The quantitative estimate of drug-likeness (QED) is 0.359. The van der Waals surface area contributed by atoms with Gasteiger partial charge in [-0.25, -0.2) is 4.68 Å². The van der Waals surface area contributed by atoms with E-state index in [1.807, 2.05) is 36.5 Å². The summed E-state index contributed by atoms with van der Waals surface area (Å²) in [7, 11) is 4.41. The van der Waals surface area contributed by atoms with Gasteiger partial charge in [0.15, 0.2) is 5.96 Å². The Morgan fingerprint density at radius 2 is 1.86 bits per heavy atom. The van der Waals surface area contributed by atoms with E-state index < -0.39 is 18.6 Å². The van der Waals surface area contributed by atoms with Crippen LogP contribution in [-0.4, -0.2) is 71.9 Å². The van der Waals surface area contributed by atoms with E-state index in [0.29, 0.717) is 17.4 Å². The van der Waals surface area contributed by atoms with E-state index in [-0.39, 0.29) is 30.5 Å². The van der Waals surface area contributed by atoms with E-state index >= 15 is 0 Å². The Bertz CT molecular complexity index is 809. The number of nitrogens with zero attached hydrogens (tertiary/aromatic N) is 5. The molecule has 0 aliphatic rings. The molecule has 1 aromatic heterocycles. The predicted octanol–water partition coefficient (Wildman–Crippen LogP) is 2.52. The van der Waals surface area contributed by atoms with E-state index in [0.717, 1.165) is 18.3 Å². The maximum absolute atomic E-state index is 12.4. The summed E-state index contributed by atoms with van der Waals surface area (Å²) in [6.07, 6.45) is -0.831. The molecular weight excluding hydrogens is 500 g/mol. The van der Waals surface area contributed by atoms with E-state index in [1.165, 1.54) is 7.05 Å². The molecule has 0 unspecified atom stereocenters. The van der Waals surface area contributed by atoms with Crippen molar-refractivity contribution in [2.75, 3.05) is 34.2 Å². The van der Waals surface area contributed by atoms with Crippen LogP contribution in [0.3, 0.4) is 0 Å². The summed E-state index contributed by atoms with van der Waals surface area (Å²) in [6, 6.07) is 9.63. The molecule has 0 aliphatic heterocycles. The van der Waals surface area contributed by atoms with Gasteiger partial charge in [0.25, 0.3) is 0 Å². The monoisotopic (exact) mass is 524 g/mol. The van der Waals surface area contributed by atoms with Crippen molar-refractivity contribution < 1.29 is 18.0 Å². The van der Waals surface area contributed by atoms with Crippen molar-refractivity contribution >= 4 is 35.8 Å². The van der Waals surface area contributed by atoms with Gasteiger partial charge in [0.1, 0.15) is 6.54 Å². The largest absolute Gasteiger partial charge is 0.406 e. The number of amides is 1. The summed E-state index contributed by atoms with van der Waals surface area (Å²) in [4.78, 5) is 18.3. The molecule has 0 fully saturated rings. The molecule has 1 aromatic carbocycles. The highest BCUT2D eigenvalue weighted by Crippen LogP contribution is 2.15. The number of likely N-dealkylation sites (N-methyl/N-ethyl adjacent to an activating group) is 1. The molecule has 0 aliphatic carbocycles. The van der Waals surface area contributed by atoms with Gasteiger partial charge in [-0.15, -0.1) is 24.0 Å². The van der Waals surface area contributed by atoms with Crippen LogP contribution < -0.4 is 5.32 Å². The molecular formula is C18H24F3IN6O. The molecule has 2 aromatic rings. The molecule has 0 saturated heterocycles. The lowest BCUT2D eigenvalue weighted by molar-refractivity contribution is -0.157. The zero-order valence-corrected chi connectivity index (χ0v) is 18.7. The van der Waals surface area contributed by atoms with Crippen LogP contribution in [0, 0.1) is 0 Å². The number of benzene rings is 1. The number of halogens is 4. The van der Waals surface area contributed by atoms with Gasteiger partial charge < -0.3 is 15.1 Å². The van der Waals surface area contributed by atoms with Crippen molar-refractivity contribution in [2.45, 2.75) is 12.7 Å². The van der Waals surface area contributed by atoms with Gasteiger partial charge in [0.05, 0.1) is 18.4 Å². The molecule has 7 nitrogen and oxygen atoms in total. The number of nitrogens with one attached hydrogen (secondary N) is 1. The van der Waals surface area contributed by atoms with Gasteiger partial charge >= 0.3 is 6.18 Å². The predicted molar refractivity (Wildman–Crippen MR) is 115 cm³/mol. The number of carbonyl (C=O) groups excluding carboxylic acids is 1. The molecule has 2 rings (SSSR count). The Labute approximate surface area is 184 Å². The number of aromatic nitrogens is 2. The number of carbonyl (C=O) groups is 1. The van der Waals surface area contributed by atoms with Crippen molar-refractivity contribution in [2.24, 2.45) is 4.99 Å². The summed E-state index contributed by atoms with van der Waals surface area (Å²) in [5.41, 5.74) is 1.84. The Morgan fingerprint density at radius 1 is 1.21 bits per heavy atom. The second kappa shape index (κ2) is 11.0. The lowest BCUT2D eigenvalue weighted by atomic mass is 10.3. The fourth-order valence-corrected chi connectivity index (χ4v) is 2.54. The average molecular weight is 524 g/mol. The molecule has 160 valence electrons.